The van der Waals surface area contributed by atoms with Crippen molar-refractivity contribution in [2.45, 2.75) is 6.92 Å². The molecule has 0 bridgehead atoms. The Labute approximate surface area is 42.4 Å². The summed E-state index contributed by atoms with van der Waals surface area (Å²) in [7, 11) is -1.68. The van der Waals surface area contributed by atoms with Gasteiger partial charge in [0.2, 0.25) is 0 Å². The minimum Gasteiger partial charge on any atom is -0.519 e. The highest BCUT2D eigenvalue weighted by molar-refractivity contribution is 6.32. The van der Waals surface area contributed by atoms with Crippen molar-refractivity contribution in [3.63, 3.8) is 0 Å². The SMILES string of the molecule is C/C=C/OB(O)O. The van der Waals surface area contributed by atoms with E-state index in [1.807, 2.05) is 0 Å². The fourth-order valence-corrected chi connectivity index (χ4v) is 0.149. The lowest BCUT2D eigenvalue weighted by Gasteiger charge is -1.91. The van der Waals surface area contributed by atoms with Crippen LogP contribution in [0.1, 0.15) is 6.92 Å². The molecule has 4 heteroatoms. The molecule has 0 fully saturated rings. The molecule has 0 amide bonds. The summed E-state index contributed by atoms with van der Waals surface area (Å²) in [6.07, 6.45) is 2.75. The molecule has 0 aromatic rings. The molecule has 7 heavy (non-hydrogen) atoms. The van der Waals surface area contributed by atoms with Crippen LogP contribution in [0.3, 0.4) is 0 Å². The Morgan fingerprint density at radius 3 is 2.29 bits per heavy atom. The molecule has 0 radical (unpaired) electrons. The van der Waals surface area contributed by atoms with Crippen molar-refractivity contribution in [3.05, 3.63) is 12.3 Å². The van der Waals surface area contributed by atoms with Crippen molar-refractivity contribution in [3.8, 4) is 0 Å². The first-order chi connectivity index (χ1) is 3.27. The zero-order chi connectivity index (χ0) is 5.70. The molecule has 0 saturated carbocycles. The van der Waals surface area contributed by atoms with E-state index in [9.17, 15) is 0 Å². The molecule has 0 spiro atoms. The van der Waals surface area contributed by atoms with Gasteiger partial charge in [-0.2, -0.15) is 0 Å². The summed E-state index contributed by atoms with van der Waals surface area (Å²) >= 11 is 0. The third-order valence-corrected chi connectivity index (χ3v) is 0.336. The highest BCUT2D eigenvalue weighted by Crippen LogP contribution is 1.75. The molecule has 0 aliphatic carbocycles. The van der Waals surface area contributed by atoms with Crippen LogP contribution in [0.15, 0.2) is 12.3 Å². The lowest BCUT2D eigenvalue weighted by atomic mass is 10.3. The molecule has 3 nitrogen and oxygen atoms in total. The van der Waals surface area contributed by atoms with Crippen LogP contribution >= 0.6 is 0 Å². The fraction of sp³-hybridized carbons (Fsp3) is 0.333. The quantitative estimate of drug-likeness (QED) is 0.365. The van der Waals surface area contributed by atoms with Gasteiger partial charge in [0.15, 0.2) is 0 Å². The largest absolute Gasteiger partial charge is 0.707 e. The fourth-order valence-electron chi connectivity index (χ4n) is 0.149. The highest BCUT2D eigenvalue weighted by atomic mass is 16.6. The van der Waals surface area contributed by atoms with Gasteiger partial charge in [-0.3, -0.25) is 0 Å². The van der Waals surface area contributed by atoms with E-state index in [0.717, 1.165) is 0 Å². The van der Waals surface area contributed by atoms with Crippen LogP contribution < -0.4 is 0 Å². The first-order valence-corrected chi connectivity index (χ1v) is 1.90. The maximum absolute atomic E-state index is 7.97. The van der Waals surface area contributed by atoms with Crippen molar-refractivity contribution >= 4 is 7.32 Å². The Bertz CT molecular complexity index is 61.2. The molecule has 2 N–H and O–H groups in total. The maximum Gasteiger partial charge on any atom is 0.707 e. The summed E-state index contributed by atoms with van der Waals surface area (Å²) < 4.78 is 4.12. The average molecular weight is 102 g/mol. The van der Waals surface area contributed by atoms with Gasteiger partial charge in [-0.05, 0) is 6.92 Å². The highest BCUT2D eigenvalue weighted by Gasteiger charge is 2.04. The molecule has 0 aromatic carbocycles. The molecular formula is C3H7BO3. The van der Waals surface area contributed by atoms with E-state index >= 15 is 0 Å². The van der Waals surface area contributed by atoms with E-state index in [4.69, 9.17) is 10.0 Å². The number of allylic oxidation sites excluding steroid dienone is 1. The van der Waals surface area contributed by atoms with E-state index in [1.54, 1.807) is 13.0 Å². The summed E-state index contributed by atoms with van der Waals surface area (Å²) in [5.41, 5.74) is 0. The molecule has 0 atom stereocenters. The summed E-state index contributed by atoms with van der Waals surface area (Å²) in [5.74, 6) is 0. The molecule has 0 aliphatic heterocycles. The normalized spacial score (nSPS) is 9.57. The average Bonchev–Trinajstić information content (AvgIpc) is 1.61. The first kappa shape index (κ1) is 6.52. The second-order valence-corrected chi connectivity index (χ2v) is 0.932. The van der Waals surface area contributed by atoms with Gasteiger partial charge >= 0.3 is 7.32 Å². The van der Waals surface area contributed by atoms with Gasteiger partial charge in [-0.15, -0.1) is 0 Å². The van der Waals surface area contributed by atoms with Crippen LogP contribution in [-0.4, -0.2) is 17.4 Å². The van der Waals surface area contributed by atoms with E-state index in [1.165, 1.54) is 6.26 Å². The Morgan fingerprint density at radius 1 is 1.57 bits per heavy atom. The zero-order valence-corrected chi connectivity index (χ0v) is 4.03. The van der Waals surface area contributed by atoms with Crippen LogP contribution in [0.25, 0.3) is 0 Å². The van der Waals surface area contributed by atoms with Crippen molar-refractivity contribution in [2.24, 2.45) is 0 Å². The van der Waals surface area contributed by atoms with Gasteiger partial charge in [0.05, 0.1) is 6.26 Å². The van der Waals surface area contributed by atoms with Gasteiger partial charge in [-0.1, -0.05) is 6.08 Å². The summed E-state index contributed by atoms with van der Waals surface area (Å²) in [5, 5.41) is 15.9. The summed E-state index contributed by atoms with van der Waals surface area (Å²) in [6.45, 7) is 1.71. The second-order valence-electron chi connectivity index (χ2n) is 0.932. The minimum absolute atomic E-state index is 1.20. The van der Waals surface area contributed by atoms with Crippen LogP contribution in [0.4, 0.5) is 0 Å². The smallest absolute Gasteiger partial charge is 0.519 e. The second kappa shape index (κ2) is 3.71. The molecular weight excluding hydrogens is 94.8 g/mol. The Morgan fingerprint density at radius 2 is 2.14 bits per heavy atom. The van der Waals surface area contributed by atoms with Crippen molar-refractivity contribution in [1.29, 1.82) is 0 Å². The van der Waals surface area contributed by atoms with E-state index in [0.29, 0.717) is 0 Å². The number of rotatable bonds is 2. The van der Waals surface area contributed by atoms with Gasteiger partial charge in [0.25, 0.3) is 0 Å². The Kier molecular flexibility index (Phi) is 3.45. The Hall–Kier alpha value is -0.475. The van der Waals surface area contributed by atoms with Crippen molar-refractivity contribution in [1.82, 2.24) is 0 Å². The molecule has 0 rings (SSSR count). The van der Waals surface area contributed by atoms with E-state index < -0.39 is 7.32 Å². The third kappa shape index (κ3) is 5.52. The molecule has 0 saturated heterocycles. The Balaban J connectivity index is 2.97. The molecule has 0 aromatic heterocycles. The predicted octanol–water partition coefficient (Wildman–Crippen LogP) is -0.494. The topological polar surface area (TPSA) is 49.7 Å². The van der Waals surface area contributed by atoms with Gasteiger partial charge in [-0.25, -0.2) is 0 Å². The number of hydrogen-bond acceptors (Lipinski definition) is 3. The van der Waals surface area contributed by atoms with Crippen molar-refractivity contribution in [2.75, 3.05) is 0 Å². The standard InChI is InChI=1S/C3H7BO3/c1-2-3-7-4(5)6/h2-3,5-6H,1H3/b3-2+. The lowest BCUT2D eigenvalue weighted by Crippen LogP contribution is -2.12. The lowest BCUT2D eigenvalue weighted by molar-refractivity contribution is 0.257. The van der Waals surface area contributed by atoms with E-state index in [-0.39, 0.29) is 0 Å². The van der Waals surface area contributed by atoms with Crippen LogP contribution in [0.5, 0.6) is 0 Å². The van der Waals surface area contributed by atoms with Gasteiger partial charge in [0, 0.05) is 0 Å². The summed E-state index contributed by atoms with van der Waals surface area (Å²) in [4.78, 5) is 0. The zero-order valence-electron chi connectivity index (χ0n) is 4.03. The minimum atomic E-state index is -1.68. The molecule has 0 aliphatic rings. The van der Waals surface area contributed by atoms with Gasteiger partial charge < -0.3 is 14.7 Å². The first-order valence-electron chi connectivity index (χ1n) is 1.90. The molecule has 0 unspecified atom stereocenters. The van der Waals surface area contributed by atoms with Crippen LogP contribution in [0, 0.1) is 0 Å². The van der Waals surface area contributed by atoms with Crippen LogP contribution in [-0.2, 0) is 4.65 Å². The monoisotopic (exact) mass is 102 g/mol. The molecule has 0 heterocycles. The number of hydrogen-bond donors (Lipinski definition) is 2. The predicted molar refractivity (Wildman–Crippen MR) is 26.1 cm³/mol. The van der Waals surface area contributed by atoms with E-state index in [2.05, 4.69) is 4.65 Å². The van der Waals surface area contributed by atoms with Gasteiger partial charge in [0.1, 0.15) is 0 Å². The maximum atomic E-state index is 7.97. The van der Waals surface area contributed by atoms with Crippen molar-refractivity contribution < 1.29 is 14.7 Å². The third-order valence-electron chi connectivity index (χ3n) is 0.336. The van der Waals surface area contributed by atoms with Crippen LogP contribution in [0.2, 0.25) is 0 Å². The molecule has 40 valence electrons. The summed E-state index contributed by atoms with van der Waals surface area (Å²) in [6, 6.07) is 0.